The first-order chi connectivity index (χ1) is 8.33. The molecule has 0 fully saturated rings. The van der Waals surface area contributed by atoms with Crippen LogP contribution in [-0.2, 0) is 11.2 Å². The molecule has 0 bridgehead atoms. The van der Waals surface area contributed by atoms with Crippen molar-refractivity contribution in [2.45, 2.75) is 38.7 Å². The van der Waals surface area contributed by atoms with E-state index in [2.05, 4.69) is 4.98 Å². The van der Waals surface area contributed by atoms with Crippen molar-refractivity contribution >= 4 is 5.97 Å². The maximum atomic E-state index is 11.2. The molecule has 0 spiro atoms. The second-order valence-electron chi connectivity index (χ2n) is 4.95. The SMILES string of the molecule is CC(C)CCC(O)(Cc1cc(O)ccn1)C(=O)O. The fourth-order valence-corrected chi connectivity index (χ4v) is 1.66. The minimum atomic E-state index is -1.83. The van der Waals surface area contributed by atoms with Crippen LogP contribution in [0.25, 0.3) is 0 Å². The number of aliphatic carboxylic acids is 1. The Morgan fingerprint density at radius 2 is 2.17 bits per heavy atom. The van der Waals surface area contributed by atoms with Gasteiger partial charge in [0.1, 0.15) is 5.75 Å². The Hall–Kier alpha value is -1.62. The summed E-state index contributed by atoms with van der Waals surface area (Å²) >= 11 is 0. The van der Waals surface area contributed by atoms with Crippen LogP contribution >= 0.6 is 0 Å². The Morgan fingerprint density at radius 1 is 1.50 bits per heavy atom. The number of carboxylic acid groups (broad SMARTS) is 1. The number of aromatic hydroxyl groups is 1. The smallest absolute Gasteiger partial charge is 0.336 e. The lowest BCUT2D eigenvalue weighted by Crippen LogP contribution is -2.41. The zero-order valence-electron chi connectivity index (χ0n) is 10.6. The van der Waals surface area contributed by atoms with Crippen LogP contribution in [0.4, 0.5) is 0 Å². The summed E-state index contributed by atoms with van der Waals surface area (Å²) in [7, 11) is 0. The molecule has 0 saturated heterocycles. The summed E-state index contributed by atoms with van der Waals surface area (Å²) in [5.74, 6) is -0.932. The van der Waals surface area contributed by atoms with Gasteiger partial charge in [-0.15, -0.1) is 0 Å². The lowest BCUT2D eigenvalue weighted by atomic mass is 9.89. The molecule has 3 N–H and O–H groups in total. The first-order valence-electron chi connectivity index (χ1n) is 5.93. The normalized spacial score (nSPS) is 14.4. The van der Waals surface area contributed by atoms with E-state index in [0.717, 1.165) is 0 Å². The van der Waals surface area contributed by atoms with Crippen molar-refractivity contribution < 1.29 is 20.1 Å². The van der Waals surface area contributed by atoms with Crippen molar-refractivity contribution in [1.29, 1.82) is 0 Å². The molecule has 100 valence electrons. The number of hydrogen-bond donors (Lipinski definition) is 3. The van der Waals surface area contributed by atoms with Gasteiger partial charge in [0, 0.05) is 24.4 Å². The maximum Gasteiger partial charge on any atom is 0.336 e. The summed E-state index contributed by atoms with van der Waals surface area (Å²) in [5.41, 5.74) is -1.46. The van der Waals surface area contributed by atoms with Gasteiger partial charge in [-0.3, -0.25) is 4.98 Å². The van der Waals surface area contributed by atoms with Crippen LogP contribution in [0.1, 0.15) is 32.4 Å². The van der Waals surface area contributed by atoms with Crippen molar-refractivity contribution in [1.82, 2.24) is 4.98 Å². The van der Waals surface area contributed by atoms with Crippen LogP contribution in [0.5, 0.6) is 5.75 Å². The van der Waals surface area contributed by atoms with Crippen molar-refractivity contribution in [2.24, 2.45) is 5.92 Å². The maximum absolute atomic E-state index is 11.2. The lowest BCUT2D eigenvalue weighted by Gasteiger charge is -2.24. The summed E-state index contributed by atoms with van der Waals surface area (Å²) in [6.45, 7) is 3.93. The number of aromatic nitrogens is 1. The highest BCUT2D eigenvalue weighted by Crippen LogP contribution is 2.22. The van der Waals surface area contributed by atoms with Crippen LogP contribution < -0.4 is 0 Å². The summed E-state index contributed by atoms with van der Waals surface area (Å²) in [4.78, 5) is 15.1. The van der Waals surface area contributed by atoms with E-state index in [4.69, 9.17) is 5.11 Å². The molecular formula is C13H19NO4. The van der Waals surface area contributed by atoms with Gasteiger partial charge >= 0.3 is 5.97 Å². The van der Waals surface area contributed by atoms with E-state index in [1.54, 1.807) is 0 Å². The Labute approximate surface area is 106 Å². The van der Waals surface area contributed by atoms with E-state index in [9.17, 15) is 15.0 Å². The Balaban J connectivity index is 2.82. The minimum Gasteiger partial charge on any atom is -0.508 e. The Kier molecular flexibility index (Phi) is 4.67. The van der Waals surface area contributed by atoms with Gasteiger partial charge in [0.05, 0.1) is 0 Å². The largest absolute Gasteiger partial charge is 0.508 e. The third kappa shape index (κ3) is 4.00. The molecule has 0 aliphatic carbocycles. The molecule has 5 heteroatoms. The molecule has 5 nitrogen and oxygen atoms in total. The summed E-state index contributed by atoms with van der Waals surface area (Å²) in [5, 5.41) is 28.6. The molecule has 1 unspecified atom stereocenters. The van der Waals surface area contributed by atoms with Gasteiger partial charge in [0.25, 0.3) is 0 Å². The monoisotopic (exact) mass is 253 g/mol. The number of aliphatic hydroxyl groups is 1. The second-order valence-corrected chi connectivity index (χ2v) is 4.95. The molecule has 0 aromatic carbocycles. The van der Waals surface area contributed by atoms with Crippen molar-refractivity contribution in [2.75, 3.05) is 0 Å². The Morgan fingerprint density at radius 3 is 2.67 bits per heavy atom. The molecule has 1 atom stereocenters. The summed E-state index contributed by atoms with van der Waals surface area (Å²) in [6, 6.07) is 2.76. The van der Waals surface area contributed by atoms with Gasteiger partial charge in [-0.1, -0.05) is 13.8 Å². The van der Waals surface area contributed by atoms with Crippen LogP contribution in [0.15, 0.2) is 18.3 Å². The molecule has 1 rings (SSSR count). The van der Waals surface area contributed by atoms with Crippen LogP contribution in [0.3, 0.4) is 0 Å². The molecule has 0 aliphatic heterocycles. The van der Waals surface area contributed by atoms with Crippen molar-refractivity contribution in [3.05, 3.63) is 24.0 Å². The van der Waals surface area contributed by atoms with Crippen LogP contribution in [0, 0.1) is 5.92 Å². The van der Waals surface area contributed by atoms with Crippen LogP contribution in [-0.4, -0.2) is 31.9 Å². The first kappa shape index (κ1) is 14.4. The number of carbonyl (C=O) groups is 1. The van der Waals surface area contributed by atoms with E-state index in [1.807, 2.05) is 13.8 Å². The van der Waals surface area contributed by atoms with E-state index in [0.29, 0.717) is 18.0 Å². The summed E-state index contributed by atoms with van der Waals surface area (Å²) in [6.07, 6.45) is 2.05. The van der Waals surface area contributed by atoms with Gasteiger partial charge in [-0.2, -0.15) is 0 Å². The van der Waals surface area contributed by atoms with Gasteiger partial charge in [0.2, 0.25) is 0 Å². The van der Waals surface area contributed by atoms with Gasteiger partial charge in [0.15, 0.2) is 5.60 Å². The molecule has 0 radical (unpaired) electrons. The van der Waals surface area contributed by atoms with E-state index >= 15 is 0 Å². The molecule has 0 amide bonds. The van der Waals surface area contributed by atoms with E-state index < -0.39 is 11.6 Å². The topological polar surface area (TPSA) is 90.7 Å². The zero-order valence-corrected chi connectivity index (χ0v) is 10.6. The average Bonchev–Trinajstić information content (AvgIpc) is 2.26. The molecule has 1 heterocycles. The van der Waals surface area contributed by atoms with Crippen molar-refractivity contribution in [3.63, 3.8) is 0 Å². The van der Waals surface area contributed by atoms with Crippen LogP contribution in [0.2, 0.25) is 0 Å². The molecule has 18 heavy (non-hydrogen) atoms. The predicted octanol–water partition coefficient (Wildman–Crippen LogP) is 1.58. The lowest BCUT2D eigenvalue weighted by molar-refractivity contribution is -0.159. The minimum absolute atomic E-state index is 0.0107. The second kappa shape index (κ2) is 5.82. The third-order valence-corrected chi connectivity index (χ3v) is 2.81. The fourth-order valence-electron chi connectivity index (χ4n) is 1.66. The number of hydrogen-bond acceptors (Lipinski definition) is 4. The van der Waals surface area contributed by atoms with Gasteiger partial charge < -0.3 is 15.3 Å². The number of rotatable bonds is 6. The number of pyridine rings is 1. The highest BCUT2D eigenvalue weighted by molar-refractivity contribution is 5.77. The summed E-state index contributed by atoms with van der Waals surface area (Å²) < 4.78 is 0. The van der Waals surface area contributed by atoms with Gasteiger partial charge in [-0.25, -0.2) is 4.79 Å². The predicted molar refractivity (Wildman–Crippen MR) is 66.3 cm³/mol. The third-order valence-electron chi connectivity index (χ3n) is 2.81. The highest BCUT2D eigenvalue weighted by Gasteiger charge is 2.36. The highest BCUT2D eigenvalue weighted by atomic mass is 16.4. The number of carboxylic acids is 1. The van der Waals surface area contributed by atoms with Gasteiger partial charge in [-0.05, 0) is 24.8 Å². The number of nitrogens with zero attached hydrogens (tertiary/aromatic N) is 1. The molecule has 0 aliphatic rings. The molecule has 0 saturated carbocycles. The van der Waals surface area contributed by atoms with E-state index in [1.165, 1.54) is 18.3 Å². The quantitative estimate of drug-likeness (QED) is 0.716. The van der Waals surface area contributed by atoms with Crippen molar-refractivity contribution in [3.8, 4) is 5.75 Å². The first-order valence-corrected chi connectivity index (χ1v) is 5.93. The average molecular weight is 253 g/mol. The zero-order chi connectivity index (χ0) is 13.8. The van der Waals surface area contributed by atoms with E-state index in [-0.39, 0.29) is 18.6 Å². The fraction of sp³-hybridized carbons (Fsp3) is 0.538. The Bertz CT molecular complexity index is 419. The molecule has 1 aromatic heterocycles. The molecular weight excluding hydrogens is 234 g/mol. The molecule has 1 aromatic rings. The standard InChI is InChI=1S/C13H19NO4/c1-9(2)3-5-13(18,12(16)17)8-10-7-11(15)4-6-14-10/h4,6-7,9,18H,3,5,8H2,1-2H3,(H,14,15)(H,16,17).